The van der Waals surface area contributed by atoms with Crippen LogP contribution in [-0.4, -0.2) is 32.6 Å². The standard InChI is InChI=1S/C16H19NO5S/c1-10(21-15-9-16(18)22-17-15)12-7-11-5-3-4-6-13(11)14(8-12)23(2,19)20/h3-6,10,12,14H,7-9H2,1-2H3/t10-,12-,14?/m1/s1. The maximum absolute atomic E-state index is 12.2. The average Bonchev–Trinajstić information content (AvgIpc) is 2.90. The summed E-state index contributed by atoms with van der Waals surface area (Å²) in [6.07, 6.45) is 2.30. The van der Waals surface area contributed by atoms with E-state index in [4.69, 9.17) is 4.74 Å². The van der Waals surface area contributed by atoms with Gasteiger partial charge >= 0.3 is 5.97 Å². The summed E-state index contributed by atoms with van der Waals surface area (Å²) in [5.41, 5.74) is 1.92. The molecule has 0 radical (unpaired) electrons. The fraction of sp³-hybridized carbons (Fsp3) is 0.500. The van der Waals surface area contributed by atoms with Crippen LogP contribution in [0.3, 0.4) is 0 Å². The van der Waals surface area contributed by atoms with Crippen molar-refractivity contribution in [2.75, 3.05) is 6.26 Å². The minimum Gasteiger partial charge on any atom is -0.475 e. The predicted molar refractivity (Wildman–Crippen MR) is 84.5 cm³/mol. The van der Waals surface area contributed by atoms with Gasteiger partial charge in [0.1, 0.15) is 12.5 Å². The van der Waals surface area contributed by atoms with Crippen LogP contribution in [-0.2, 0) is 30.6 Å². The number of rotatable bonds is 3. The van der Waals surface area contributed by atoms with Crippen LogP contribution in [0.5, 0.6) is 0 Å². The number of hydrogen-bond acceptors (Lipinski definition) is 6. The molecule has 0 saturated heterocycles. The Kier molecular flexibility index (Phi) is 4.14. The molecule has 0 N–H and O–H groups in total. The van der Waals surface area contributed by atoms with Crippen LogP contribution in [0.2, 0.25) is 0 Å². The molecule has 0 fully saturated rings. The quantitative estimate of drug-likeness (QED) is 0.788. The fourth-order valence-corrected chi connectivity index (χ4v) is 4.52. The van der Waals surface area contributed by atoms with E-state index in [0.717, 1.165) is 17.5 Å². The molecular weight excluding hydrogens is 318 g/mol. The zero-order chi connectivity index (χ0) is 16.6. The molecule has 7 heteroatoms. The van der Waals surface area contributed by atoms with E-state index in [9.17, 15) is 13.2 Å². The van der Waals surface area contributed by atoms with Gasteiger partial charge in [-0.25, -0.2) is 13.2 Å². The second-order valence-corrected chi connectivity index (χ2v) is 8.39. The second kappa shape index (κ2) is 5.96. The van der Waals surface area contributed by atoms with Crippen molar-refractivity contribution in [1.82, 2.24) is 0 Å². The highest BCUT2D eigenvalue weighted by Crippen LogP contribution is 2.39. The molecule has 0 bridgehead atoms. The van der Waals surface area contributed by atoms with E-state index >= 15 is 0 Å². The van der Waals surface area contributed by atoms with Crippen LogP contribution < -0.4 is 0 Å². The first kappa shape index (κ1) is 16.0. The zero-order valence-corrected chi connectivity index (χ0v) is 13.9. The van der Waals surface area contributed by atoms with Gasteiger partial charge in [-0.2, -0.15) is 0 Å². The maximum atomic E-state index is 12.2. The van der Waals surface area contributed by atoms with Crippen LogP contribution >= 0.6 is 0 Å². The van der Waals surface area contributed by atoms with Gasteiger partial charge in [-0.15, -0.1) is 0 Å². The van der Waals surface area contributed by atoms with Crippen LogP contribution in [0.25, 0.3) is 0 Å². The van der Waals surface area contributed by atoms with Crippen LogP contribution in [0.1, 0.15) is 36.1 Å². The number of carbonyl (C=O) groups is 1. The first-order valence-corrected chi connectivity index (χ1v) is 9.50. The van der Waals surface area contributed by atoms with E-state index < -0.39 is 21.1 Å². The average molecular weight is 337 g/mol. The smallest absolute Gasteiger partial charge is 0.344 e. The molecule has 1 aromatic carbocycles. The topological polar surface area (TPSA) is 82.0 Å². The Hall–Kier alpha value is -1.89. The summed E-state index contributed by atoms with van der Waals surface area (Å²) in [7, 11) is -3.21. The molecule has 1 aromatic rings. The van der Waals surface area contributed by atoms with Crippen molar-refractivity contribution in [3.63, 3.8) is 0 Å². The highest BCUT2D eigenvalue weighted by Gasteiger charge is 2.36. The largest absolute Gasteiger partial charge is 0.475 e. The second-order valence-electron chi connectivity index (χ2n) is 6.16. The number of fused-ring (bicyclic) bond motifs is 1. The van der Waals surface area contributed by atoms with Crippen molar-refractivity contribution >= 4 is 21.7 Å². The maximum Gasteiger partial charge on any atom is 0.344 e. The minimum absolute atomic E-state index is 0.0306. The minimum atomic E-state index is -3.21. The van der Waals surface area contributed by atoms with E-state index in [0.29, 0.717) is 6.42 Å². The molecule has 1 aliphatic carbocycles. The molecule has 1 aliphatic heterocycles. The predicted octanol–water partition coefficient (Wildman–Crippen LogP) is 2.00. The molecule has 0 spiro atoms. The number of hydrogen-bond donors (Lipinski definition) is 0. The zero-order valence-electron chi connectivity index (χ0n) is 13.1. The monoisotopic (exact) mass is 337 g/mol. The number of benzene rings is 1. The molecule has 1 heterocycles. The summed E-state index contributed by atoms with van der Waals surface area (Å²) >= 11 is 0. The summed E-state index contributed by atoms with van der Waals surface area (Å²) in [5.74, 6) is -0.143. The molecule has 0 amide bonds. The van der Waals surface area contributed by atoms with E-state index in [2.05, 4.69) is 9.99 Å². The summed E-state index contributed by atoms with van der Waals surface area (Å²) in [4.78, 5) is 15.6. The summed E-state index contributed by atoms with van der Waals surface area (Å²) in [6, 6.07) is 7.63. The number of oxime groups is 1. The van der Waals surface area contributed by atoms with Crippen LogP contribution in [0.15, 0.2) is 29.4 Å². The van der Waals surface area contributed by atoms with Crippen molar-refractivity contribution in [1.29, 1.82) is 0 Å². The first-order chi connectivity index (χ1) is 10.8. The fourth-order valence-electron chi connectivity index (χ4n) is 3.23. The van der Waals surface area contributed by atoms with Gasteiger partial charge in [0.05, 0.1) is 5.25 Å². The molecular formula is C16H19NO5S. The highest BCUT2D eigenvalue weighted by molar-refractivity contribution is 7.90. The number of sulfone groups is 1. The summed E-state index contributed by atoms with van der Waals surface area (Å²) in [6.45, 7) is 1.88. The van der Waals surface area contributed by atoms with Gasteiger partial charge in [0.2, 0.25) is 5.90 Å². The molecule has 0 saturated carbocycles. The molecule has 2 aliphatic rings. The molecule has 3 rings (SSSR count). The Morgan fingerprint density at radius 1 is 1.35 bits per heavy atom. The van der Waals surface area contributed by atoms with E-state index in [1.165, 1.54) is 6.26 Å². The molecule has 23 heavy (non-hydrogen) atoms. The Morgan fingerprint density at radius 2 is 2.09 bits per heavy atom. The normalized spacial score (nSPS) is 25.3. The third-order valence-electron chi connectivity index (χ3n) is 4.45. The molecule has 3 atom stereocenters. The Balaban J connectivity index is 1.81. The lowest BCUT2D eigenvalue weighted by atomic mass is 9.81. The summed E-state index contributed by atoms with van der Waals surface area (Å²) < 4.78 is 30.1. The lowest BCUT2D eigenvalue weighted by molar-refractivity contribution is -0.140. The van der Waals surface area contributed by atoms with Gasteiger partial charge < -0.3 is 9.57 Å². The summed E-state index contributed by atoms with van der Waals surface area (Å²) in [5, 5.41) is 3.07. The molecule has 1 unspecified atom stereocenters. The van der Waals surface area contributed by atoms with E-state index in [-0.39, 0.29) is 24.3 Å². The van der Waals surface area contributed by atoms with Gasteiger partial charge in [0.15, 0.2) is 9.84 Å². The molecule has 124 valence electrons. The number of carbonyl (C=O) groups excluding carboxylic acids is 1. The van der Waals surface area contributed by atoms with Gasteiger partial charge in [0, 0.05) is 12.2 Å². The lowest BCUT2D eigenvalue weighted by Crippen LogP contribution is -2.32. The lowest BCUT2D eigenvalue weighted by Gasteiger charge is -2.33. The SMILES string of the molecule is C[C@@H](OC1=NOC(=O)C1)[C@@H]1Cc2ccccc2C(S(C)(=O)=O)C1. The number of nitrogens with zero attached hydrogens (tertiary/aromatic N) is 1. The van der Waals surface area contributed by atoms with Crippen molar-refractivity contribution in [2.45, 2.75) is 37.5 Å². The van der Waals surface area contributed by atoms with Crippen molar-refractivity contribution in [3.8, 4) is 0 Å². The third-order valence-corrected chi connectivity index (χ3v) is 5.93. The van der Waals surface area contributed by atoms with Gasteiger partial charge in [0.25, 0.3) is 0 Å². The van der Waals surface area contributed by atoms with E-state index in [1.54, 1.807) is 0 Å². The number of ether oxygens (including phenoxy) is 1. The Bertz CT molecular complexity index is 755. The van der Waals surface area contributed by atoms with Gasteiger partial charge in [-0.05, 0) is 36.0 Å². The Morgan fingerprint density at radius 3 is 2.74 bits per heavy atom. The highest BCUT2D eigenvalue weighted by atomic mass is 32.2. The van der Waals surface area contributed by atoms with Crippen molar-refractivity contribution < 1.29 is 22.8 Å². The van der Waals surface area contributed by atoms with Crippen molar-refractivity contribution in [2.24, 2.45) is 11.1 Å². The Labute approximate surface area is 135 Å². The molecule has 6 nitrogen and oxygen atoms in total. The van der Waals surface area contributed by atoms with Gasteiger partial charge in [-0.3, -0.25) is 0 Å². The van der Waals surface area contributed by atoms with Gasteiger partial charge in [-0.1, -0.05) is 24.3 Å². The third kappa shape index (κ3) is 3.39. The molecule has 0 aromatic heterocycles. The van der Waals surface area contributed by atoms with Crippen LogP contribution in [0, 0.1) is 5.92 Å². The van der Waals surface area contributed by atoms with E-state index in [1.807, 2.05) is 31.2 Å². The first-order valence-electron chi connectivity index (χ1n) is 7.54. The van der Waals surface area contributed by atoms with Crippen molar-refractivity contribution in [3.05, 3.63) is 35.4 Å². The van der Waals surface area contributed by atoms with Crippen LogP contribution in [0.4, 0.5) is 0 Å².